The molecule has 15 heavy (non-hydrogen) atoms. The first-order chi connectivity index (χ1) is 7.24. The maximum atomic E-state index is 13.7. The Kier molecular flexibility index (Phi) is 2.36. The minimum atomic E-state index is -0.477. The number of nitrogens with two attached hydrogens (primary N) is 1. The van der Waals surface area contributed by atoms with E-state index in [9.17, 15) is 4.39 Å². The Bertz CT molecular complexity index is 558. The molecule has 0 saturated heterocycles. The van der Waals surface area contributed by atoms with E-state index in [0.717, 1.165) is 11.3 Å². The van der Waals surface area contributed by atoms with E-state index >= 15 is 0 Å². The summed E-state index contributed by atoms with van der Waals surface area (Å²) in [5, 5.41) is 10.7. The molecule has 0 radical (unpaired) electrons. The van der Waals surface area contributed by atoms with E-state index in [-0.39, 0.29) is 17.7 Å². The normalized spacial score (nSPS) is 10.2. The standard InChI is InChI=1S/C7H5FN6S/c8-6-4(2-12-14-10)15-3-1-11-13-7(9)5(3)6/h1H,2H2,(H2,9,13). The van der Waals surface area contributed by atoms with E-state index in [1.54, 1.807) is 0 Å². The molecule has 76 valence electrons. The number of nitrogens with zero attached hydrogens (tertiary/aromatic N) is 5. The minimum absolute atomic E-state index is 0.0267. The maximum absolute atomic E-state index is 13.7. The molecular weight excluding hydrogens is 219 g/mol. The van der Waals surface area contributed by atoms with Crippen molar-refractivity contribution < 1.29 is 4.39 Å². The Balaban J connectivity index is 2.64. The molecule has 2 N–H and O–H groups in total. The van der Waals surface area contributed by atoms with Gasteiger partial charge < -0.3 is 5.73 Å². The van der Waals surface area contributed by atoms with E-state index in [1.165, 1.54) is 6.20 Å². The van der Waals surface area contributed by atoms with Crippen LogP contribution in [-0.4, -0.2) is 10.2 Å². The van der Waals surface area contributed by atoms with Gasteiger partial charge in [-0.2, -0.15) is 5.10 Å². The molecule has 0 aliphatic carbocycles. The summed E-state index contributed by atoms with van der Waals surface area (Å²) in [6, 6.07) is 0. The molecule has 0 aliphatic rings. The van der Waals surface area contributed by atoms with Crippen LogP contribution in [0.3, 0.4) is 0 Å². The van der Waals surface area contributed by atoms with Crippen LogP contribution in [0.4, 0.5) is 10.2 Å². The number of nitrogen functional groups attached to an aromatic ring is 1. The third kappa shape index (κ3) is 1.56. The lowest BCUT2D eigenvalue weighted by Gasteiger charge is -1.92. The molecule has 0 fully saturated rings. The van der Waals surface area contributed by atoms with Crippen LogP contribution in [0.5, 0.6) is 0 Å². The molecule has 6 nitrogen and oxygen atoms in total. The zero-order chi connectivity index (χ0) is 10.8. The first kappa shape index (κ1) is 9.63. The van der Waals surface area contributed by atoms with Crippen molar-refractivity contribution in [1.82, 2.24) is 10.2 Å². The van der Waals surface area contributed by atoms with Crippen LogP contribution in [0.15, 0.2) is 11.3 Å². The van der Waals surface area contributed by atoms with Crippen molar-refractivity contribution in [2.45, 2.75) is 6.54 Å². The molecule has 0 unspecified atom stereocenters. The van der Waals surface area contributed by atoms with Gasteiger partial charge in [0.1, 0.15) is 5.82 Å². The van der Waals surface area contributed by atoms with Crippen molar-refractivity contribution in [3.05, 3.63) is 27.3 Å². The summed E-state index contributed by atoms with van der Waals surface area (Å²) in [5.41, 5.74) is 13.6. The van der Waals surface area contributed by atoms with E-state index in [4.69, 9.17) is 11.3 Å². The number of hydrogen-bond acceptors (Lipinski definition) is 5. The largest absolute Gasteiger partial charge is 0.382 e. The molecule has 0 aliphatic heterocycles. The monoisotopic (exact) mass is 224 g/mol. The first-order valence-corrected chi connectivity index (χ1v) is 4.74. The fourth-order valence-electron chi connectivity index (χ4n) is 1.20. The molecule has 0 spiro atoms. The summed E-state index contributed by atoms with van der Waals surface area (Å²) < 4.78 is 14.3. The van der Waals surface area contributed by atoms with Crippen LogP contribution in [-0.2, 0) is 6.54 Å². The quantitative estimate of drug-likeness (QED) is 0.480. The van der Waals surface area contributed by atoms with Crippen molar-refractivity contribution in [1.29, 1.82) is 0 Å². The molecule has 0 amide bonds. The summed E-state index contributed by atoms with van der Waals surface area (Å²) in [4.78, 5) is 2.90. The smallest absolute Gasteiger partial charge is 0.157 e. The third-order valence-corrected chi connectivity index (χ3v) is 2.90. The molecule has 0 bridgehead atoms. The summed E-state index contributed by atoms with van der Waals surface area (Å²) in [7, 11) is 0. The fourth-order valence-corrected chi connectivity index (χ4v) is 2.17. The molecule has 0 aromatic carbocycles. The Morgan fingerprint density at radius 2 is 2.47 bits per heavy atom. The topological polar surface area (TPSA) is 101 Å². The molecule has 2 rings (SSSR count). The Labute approximate surface area is 87.2 Å². The highest BCUT2D eigenvalue weighted by Crippen LogP contribution is 2.32. The lowest BCUT2D eigenvalue weighted by Crippen LogP contribution is -1.93. The molecule has 0 saturated carbocycles. The number of aromatic nitrogens is 2. The van der Waals surface area contributed by atoms with Crippen LogP contribution in [0.25, 0.3) is 20.5 Å². The van der Waals surface area contributed by atoms with Gasteiger partial charge in [-0.3, -0.25) is 0 Å². The van der Waals surface area contributed by atoms with Gasteiger partial charge in [-0.15, -0.1) is 16.4 Å². The molecule has 0 atom stereocenters. The number of halogens is 1. The van der Waals surface area contributed by atoms with Gasteiger partial charge in [-0.05, 0) is 5.53 Å². The lowest BCUT2D eigenvalue weighted by molar-refractivity contribution is 0.629. The number of thiophene rings is 1. The van der Waals surface area contributed by atoms with Crippen molar-refractivity contribution in [3.63, 3.8) is 0 Å². The van der Waals surface area contributed by atoms with Crippen LogP contribution >= 0.6 is 11.3 Å². The van der Waals surface area contributed by atoms with Crippen LogP contribution in [0, 0.1) is 5.82 Å². The van der Waals surface area contributed by atoms with Gasteiger partial charge in [0.25, 0.3) is 0 Å². The zero-order valence-electron chi connectivity index (χ0n) is 7.38. The summed E-state index contributed by atoms with van der Waals surface area (Å²) in [5.74, 6) is -0.428. The van der Waals surface area contributed by atoms with E-state index in [2.05, 4.69) is 20.2 Å². The molecule has 2 aromatic rings. The van der Waals surface area contributed by atoms with Crippen molar-refractivity contribution in [2.24, 2.45) is 5.11 Å². The zero-order valence-corrected chi connectivity index (χ0v) is 8.20. The predicted molar refractivity (Wildman–Crippen MR) is 54.6 cm³/mol. The van der Waals surface area contributed by atoms with Gasteiger partial charge in [-0.1, -0.05) is 5.11 Å². The second kappa shape index (κ2) is 3.68. The average molecular weight is 224 g/mol. The summed E-state index contributed by atoms with van der Waals surface area (Å²) >= 11 is 1.16. The number of azide groups is 1. The average Bonchev–Trinajstić information content (AvgIpc) is 2.54. The minimum Gasteiger partial charge on any atom is -0.382 e. The Morgan fingerprint density at radius 1 is 1.67 bits per heavy atom. The van der Waals surface area contributed by atoms with E-state index < -0.39 is 5.82 Å². The summed E-state index contributed by atoms with van der Waals surface area (Å²) in [6.45, 7) is -0.0267. The van der Waals surface area contributed by atoms with Crippen LogP contribution in [0.1, 0.15) is 4.88 Å². The van der Waals surface area contributed by atoms with E-state index in [0.29, 0.717) is 9.58 Å². The highest BCUT2D eigenvalue weighted by molar-refractivity contribution is 7.19. The van der Waals surface area contributed by atoms with Crippen LogP contribution in [0.2, 0.25) is 0 Å². The molecule has 8 heteroatoms. The lowest BCUT2D eigenvalue weighted by atomic mass is 10.3. The molecule has 2 aromatic heterocycles. The second-order valence-electron chi connectivity index (χ2n) is 2.70. The first-order valence-electron chi connectivity index (χ1n) is 3.93. The number of rotatable bonds is 2. The highest BCUT2D eigenvalue weighted by Gasteiger charge is 2.14. The van der Waals surface area contributed by atoms with Gasteiger partial charge in [0.2, 0.25) is 0 Å². The van der Waals surface area contributed by atoms with Gasteiger partial charge in [0.15, 0.2) is 5.82 Å². The molecular formula is C7H5FN6S. The maximum Gasteiger partial charge on any atom is 0.157 e. The highest BCUT2D eigenvalue weighted by atomic mass is 32.1. The van der Waals surface area contributed by atoms with Crippen molar-refractivity contribution in [3.8, 4) is 0 Å². The van der Waals surface area contributed by atoms with Gasteiger partial charge in [0, 0.05) is 9.79 Å². The number of fused-ring (bicyclic) bond motifs is 1. The second-order valence-corrected chi connectivity index (χ2v) is 3.83. The van der Waals surface area contributed by atoms with Gasteiger partial charge in [0.05, 0.1) is 22.8 Å². The van der Waals surface area contributed by atoms with Crippen molar-refractivity contribution >= 4 is 27.2 Å². The SMILES string of the molecule is [N-]=[N+]=NCc1sc2cnnc(N)c2c1F. The van der Waals surface area contributed by atoms with Crippen molar-refractivity contribution in [2.75, 3.05) is 5.73 Å². The number of hydrogen-bond donors (Lipinski definition) is 1. The summed E-state index contributed by atoms with van der Waals surface area (Å²) in [6.07, 6.45) is 1.43. The number of anilines is 1. The van der Waals surface area contributed by atoms with Crippen LogP contribution < -0.4 is 5.73 Å². The van der Waals surface area contributed by atoms with Gasteiger partial charge >= 0.3 is 0 Å². The third-order valence-electron chi connectivity index (χ3n) is 1.82. The Morgan fingerprint density at radius 3 is 3.13 bits per heavy atom. The molecule has 2 heterocycles. The van der Waals surface area contributed by atoms with Gasteiger partial charge in [-0.25, -0.2) is 4.39 Å². The predicted octanol–water partition coefficient (Wildman–Crippen LogP) is 2.22. The Hall–Kier alpha value is -1.92. The fraction of sp³-hybridized carbons (Fsp3) is 0.143. The van der Waals surface area contributed by atoms with E-state index in [1.807, 2.05) is 0 Å².